The third-order valence-corrected chi connectivity index (χ3v) is 4.49. The van der Waals surface area contributed by atoms with Crippen molar-refractivity contribution >= 4 is 22.2 Å². The maximum atomic E-state index is 11.9. The molecule has 4 nitrogen and oxygen atoms in total. The molecular formula is C9H13ClN2O2S. The molecule has 1 saturated heterocycles. The first kappa shape index (κ1) is 12.4. The highest BCUT2D eigenvalue weighted by Crippen LogP contribution is 2.17. The first-order valence-corrected chi connectivity index (χ1v) is 6.11. The lowest BCUT2D eigenvalue weighted by Gasteiger charge is -2.08. The first-order valence-electron chi connectivity index (χ1n) is 4.57. The second-order valence-corrected chi connectivity index (χ2v) is 5.50. The number of hydrogen-bond acceptors (Lipinski definition) is 4. The minimum atomic E-state index is -3.21. The van der Waals surface area contributed by atoms with Crippen LogP contribution in [0, 0.1) is 0 Å². The van der Waals surface area contributed by atoms with Crippen molar-refractivity contribution in [2.75, 3.05) is 13.1 Å². The number of pyridine rings is 1. The van der Waals surface area contributed by atoms with Crippen LogP contribution < -0.4 is 5.32 Å². The second-order valence-electron chi connectivity index (χ2n) is 3.33. The maximum Gasteiger partial charge on any atom is 0.199 e. The van der Waals surface area contributed by atoms with Gasteiger partial charge in [0.15, 0.2) is 14.9 Å². The minimum absolute atomic E-state index is 0. The molecule has 6 heteroatoms. The van der Waals surface area contributed by atoms with Crippen LogP contribution in [0.15, 0.2) is 29.4 Å². The Bertz CT molecular complexity index is 401. The van der Waals surface area contributed by atoms with Gasteiger partial charge in [-0.05, 0) is 25.1 Å². The largest absolute Gasteiger partial charge is 0.315 e. The quantitative estimate of drug-likeness (QED) is 0.835. The molecule has 0 unspecified atom stereocenters. The number of nitrogens with zero attached hydrogens (tertiary/aromatic N) is 1. The van der Waals surface area contributed by atoms with Gasteiger partial charge in [-0.3, -0.25) is 0 Å². The summed E-state index contributed by atoms with van der Waals surface area (Å²) in [6.45, 7) is 1.32. The standard InChI is InChI=1S/C9H12N2O2S.ClH/c12-14(13,8-4-6-10-7-8)9-3-1-2-5-11-9;/h1-3,5,8,10H,4,6-7H2;1H/t8-;/m0./s1. The summed E-state index contributed by atoms with van der Waals surface area (Å²) in [6.07, 6.45) is 2.19. The molecule has 84 valence electrons. The van der Waals surface area contributed by atoms with Gasteiger partial charge in [-0.2, -0.15) is 0 Å². The van der Waals surface area contributed by atoms with Crippen LogP contribution in [0.25, 0.3) is 0 Å². The van der Waals surface area contributed by atoms with Gasteiger partial charge in [-0.1, -0.05) is 6.07 Å². The molecule has 1 N–H and O–H groups in total. The number of halogens is 1. The van der Waals surface area contributed by atoms with E-state index in [-0.39, 0.29) is 22.7 Å². The molecule has 0 radical (unpaired) electrons. The summed E-state index contributed by atoms with van der Waals surface area (Å²) in [5, 5.41) is 2.92. The highest BCUT2D eigenvalue weighted by atomic mass is 35.5. The molecule has 1 aliphatic rings. The summed E-state index contributed by atoms with van der Waals surface area (Å²) in [5.41, 5.74) is 0. The second kappa shape index (κ2) is 4.92. The van der Waals surface area contributed by atoms with E-state index in [4.69, 9.17) is 0 Å². The van der Waals surface area contributed by atoms with E-state index in [9.17, 15) is 8.42 Å². The fourth-order valence-electron chi connectivity index (χ4n) is 1.58. The lowest BCUT2D eigenvalue weighted by atomic mass is 10.4. The molecule has 0 amide bonds. The predicted molar refractivity (Wildman–Crippen MR) is 59.9 cm³/mol. The molecule has 2 rings (SSSR count). The Balaban J connectivity index is 0.00000112. The van der Waals surface area contributed by atoms with Crippen molar-refractivity contribution < 1.29 is 8.42 Å². The van der Waals surface area contributed by atoms with E-state index in [1.165, 1.54) is 6.20 Å². The van der Waals surface area contributed by atoms with E-state index in [1.54, 1.807) is 18.2 Å². The van der Waals surface area contributed by atoms with E-state index in [0.717, 1.165) is 6.54 Å². The molecule has 1 aromatic rings. The van der Waals surface area contributed by atoms with Crippen LogP contribution in [0.1, 0.15) is 6.42 Å². The molecule has 1 aromatic heterocycles. The molecule has 0 aromatic carbocycles. The Morgan fingerprint density at radius 1 is 1.40 bits per heavy atom. The van der Waals surface area contributed by atoms with Crippen molar-refractivity contribution in [2.45, 2.75) is 16.7 Å². The molecule has 15 heavy (non-hydrogen) atoms. The number of aromatic nitrogens is 1. The Morgan fingerprint density at radius 2 is 2.20 bits per heavy atom. The van der Waals surface area contributed by atoms with Crippen LogP contribution in [-0.4, -0.2) is 31.7 Å². The van der Waals surface area contributed by atoms with Crippen LogP contribution >= 0.6 is 12.4 Å². The van der Waals surface area contributed by atoms with Crippen LogP contribution in [-0.2, 0) is 9.84 Å². The fraction of sp³-hybridized carbons (Fsp3) is 0.444. The number of rotatable bonds is 2. The predicted octanol–water partition coefficient (Wildman–Crippen LogP) is 0.639. The van der Waals surface area contributed by atoms with Crippen molar-refractivity contribution in [1.82, 2.24) is 10.3 Å². The van der Waals surface area contributed by atoms with Crippen LogP contribution in [0.3, 0.4) is 0 Å². The monoisotopic (exact) mass is 248 g/mol. The molecule has 1 atom stereocenters. The summed E-state index contributed by atoms with van der Waals surface area (Å²) >= 11 is 0. The fourth-order valence-corrected chi connectivity index (χ4v) is 3.16. The molecular weight excluding hydrogens is 236 g/mol. The SMILES string of the molecule is Cl.O=S(=O)(c1ccccn1)[C@H]1CCNC1. The van der Waals surface area contributed by atoms with Crippen molar-refractivity contribution in [3.63, 3.8) is 0 Å². The van der Waals surface area contributed by atoms with Gasteiger partial charge in [-0.15, -0.1) is 12.4 Å². The van der Waals surface area contributed by atoms with Crippen molar-refractivity contribution in [2.24, 2.45) is 0 Å². The third-order valence-electron chi connectivity index (χ3n) is 2.38. The van der Waals surface area contributed by atoms with Crippen LogP contribution in [0.4, 0.5) is 0 Å². The van der Waals surface area contributed by atoms with Crippen molar-refractivity contribution in [3.8, 4) is 0 Å². The van der Waals surface area contributed by atoms with Gasteiger partial charge in [0.1, 0.15) is 0 Å². The molecule has 0 bridgehead atoms. The van der Waals surface area contributed by atoms with Gasteiger partial charge in [0.25, 0.3) is 0 Å². The van der Waals surface area contributed by atoms with Gasteiger partial charge in [0.2, 0.25) is 0 Å². The highest BCUT2D eigenvalue weighted by molar-refractivity contribution is 7.92. The molecule has 1 aliphatic heterocycles. The van der Waals surface area contributed by atoms with Gasteiger partial charge in [0, 0.05) is 12.7 Å². The normalized spacial score (nSPS) is 20.9. The van der Waals surface area contributed by atoms with E-state index >= 15 is 0 Å². The van der Waals surface area contributed by atoms with Gasteiger partial charge in [0.05, 0.1) is 5.25 Å². The summed E-state index contributed by atoms with van der Waals surface area (Å²) in [7, 11) is -3.21. The van der Waals surface area contributed by atoms with E-state index < -0.39 is 9.84 Å². The zero-order valence-electron chi connectivity index (χ0n) is 8.09. The number of sulfone groups is 1. The van der Waals surface area contributed by atoms with E-state index in [0.29, 0.717) is 13.0 Å². The summed E-state index contributed by atoms with van der Waals surface area (Å²) in [6, 6.07) is 4.96. The Hall–Kier alpha value is -0.650. The zero-order valence-corrected chi connectivity index (χ0v) is 9.72. The Morgan fingerprint density at radius 3 is 2.73 bits per heavy atom. The molecule has 2 heterocycles. The third kappa shape index (κ3) is 2.48. The average molecular weight is 249 g/mol. The zero-order chi connectivity index (χ0) is 10.0. The summed E-state index contributed by atoms with van der Waals surface area (Å²) < 4.78 is 23.9. The smallest absolute Gasteiger partial charge is 0.199 e. The molecule has 0 spiro atoms. The minimum Gasteiger partial charge on any atom is -0.315 e. The van der Waals surface area contributed by atoms with E-state index in [1.807, 2.05) is 0 Å². The first-order chi connectivity index (χ1) is 6.71. The Kier molecular flexibility index (Phi) is 4.07. The molecule has 0 aliphatic carbocycles. The lowest BCUT2D eigenvalue weighted by molar-refractivity contribution is 0.579. The average Bonchev–Trinajstić information content (AvgIpc) is 2.72. The number of nitrogens with one attached hydrogen (secondary N) is 1. The molecule has 1 fully saturated rings. The van der Waals surface area contributed by atoms with Crippen LogP contribution in [0.5, 0.6) is 0 Å². The van der Waals surface area contributed by atoms with Crippen molar-refractivity contribution in [3.05, 3.63) is 24.4 Å². The summed E-state index contributed by atoms with van der Waals surface area (Å²) in [5.74, 6) is 0. The highest BCUT2D eigenvalue weighted by Gasteiger charge is 2.30. The van der Waals surface area contributed by atoms with Gasteiger partial charge < -0.3 is 5.32 Å². The maximum absolute atomic E-state index is 11.9. The summed E-state index contributed by atoms with van der Waals surface area (Å²) in [4.78, 5) is 3.88. The van der Waals surface area contributed by atoms with Crippen LogP contribution in [0.2, 0.25) is 0 Å². The van der Waals surface area contributed by atoms with Gasteiger partial charge in [-0.25, -0.2) is 13.4 Å². The van der Waals surface area contributed by atoms with Crippen molar-refractivity contribution in [1.29, 1.82) is 0 Å². The van der Waals surface area contributed by atoms with E-state index in [2.05, 4.69) is 10.3 Å². The van der Waals surface area contributed by atoms with Gasteiger partial charge >= 0.3 is 0 Å². The molecule has 0 saturated carbocycles. The topological polar surface area (TPSA) is 59.1 Å². The lowest BCUT2D eigenvalue weighted by Crippen LogP contribution is -2.24. The Labute approximate surface area is 95.4 Å². The number of hydrogen-bond donors (Lipinski definition) is 1.